The van der Waals surface area contributed by atoms with Gasteiger partial charge in [-0.05, 0) is 13.0 Å². The molecule has 0 unspecified atom stereocenters. The van der Waals surface area contributed by atoms with E-state index in [-0.39, 0.29) is 0 Å². The van der Waals surface area contributed by atoms with Crippen LogP contribution in [0, 0.1) is 23.5 Å². The molecule has 0 aromatic carbocycles. The van der Waals surface area contributed by atoms with E-state index in [0.29, 0.717) is 11.3 Å². The Morgan fingerprint density at radius 2 is 1.80 bits per heavy atom. The number of halogens is 4. The molecule has 20 heavy (non-hydrogen) atoms. The SMILES string of the molecule is C/C(=N\Nc1c(F)c(F)nc(F)c1F)c1cccnc1. The summed E-state index contributed by atoms with van der Waals surface area (Å²) >= 11 is 0. The third-order valence-electron chi connectivity index (χ3n) is 2.41. The fraction of sp³-hybridized carbons (Fsp3) is 0.0833. The van der Waals surface area contributed by atoms with Crippen molar-refractivity contribution < 1.29 is 17.6 Å². The van der Waals surface area contributed by atoms with E-state index in [1.54, 1.807) is 12.1 Å². The van der Waals surface area contributed by atoms with Gasteiger partial charge < -0.3 is 0 Å². The first kappa shape index (κ1) is 13.9. The molecule has 0 radical (unpaired) electrons. The van der Waals surface area contributed by atoms with Gasteiger partial charge in [0, 0.05) is 18.0 Å². The maximum Gasteiger partial charge on any atom is 0.254 e. The highest BCUT2D eigenvalue weighted by molar-refractivity contribution is 5.98. The topological polar surface area (TPSA) is 50.2 Å². The van der Waals surface area contributed by atoms with Crippen molar-refractivity contribution in [3.05, 3.63) is 53.6 Å². The maximum absolute atomic E-state index is 13.3. The van der Waals surface area contributed by atoms with Crippen LogP contribution in [-0.2, 0) is 0 Å². The molecule has 1 N–H and O–H groups in total. The largest absolute Gasteiger partial charge is 0.272 e. The lowest BCUT2D eigenvalue weighted by molar-refractivity contribution is 0.411. The predicted molar refractivity (Wildman–Crippen MR) is 64.1 cm³/mol. The minimum atomic E-state index is -1.75. The third kappa shape index (κ3) is 2.73. The molecule has 0 fully saturated rings. The summed E-state index contributed by atoms with van der Waals surface area (Å²) in [6, 6.07) is 3.30. The average molecular weight is 284 g/mol. The summed E-state index contributed by atoms with van der Waals surface area (Å²) in [6.07, 6.45) is 3.01. The van der Waals surface area contributed by atoms with Crippen molar-refractivity contribution >= 4 is 11.4 Å². The number of rotatable bonds is 3. The Bertz CT molecular complexity index is 632. The van der Waals surface area contributed by atoms with Crippen LogP contribution in [0.1, 0.15) is 12.5 Å². The number of nitrogens with zero attached hydrogens (tertiary/aromatic N) is 3. The fourth-order valence-corrected chi connectivity index (χ4v) is 1.37. The van der Waals surface area contributed by atoms with Crippen molar-refractivity contribution in [3.8, 4) is 0 Å². The van der Waals surface area contributed by atoms with Crippen molar-refractivity contribution in [1.82, 2.24) is 9.97 Å². The van der Waals surface area contributed by atoms with Crippen LogP contribution in [0.5, 0.6) is 0 Å². The van der Waals surface area contributed by atoms with Gasteiger partial charge in [-0.15, -0.1) is 0 Å². The molecule has 0 bridgehead atoms. The molecule has 0 aliphatic rings. The van der Waals surface area contributed by atoms with Gasteiger partial charge in [0.25, 0.3) is 11.9 Å². The maximum atomic E-state index is 13.3. The van der Waals surface area contributed by atoms with Crippen LogP contribution in [0.4, 0.5) is 23.2 Å². The molecular weight excluding hydrogens is 276 g/mol. The summed E-state index contributed by atoms with van der Waals surface area (Å²) < 4.78 is 52.4. The minimum Gasteiger partial charge on any atom is -0.272 e. The summed E-state index contributed by atoms with van der Waals surface area (Å²) in [5.41, 5.74) is 1.82. The molecule has 0 amide bonds. The van der Waals surface area contributed by atoms with Crippen LogP contribution in [0.25, 0.3) is 0 Å². The standard InChI is InChI=1S/C12H8F4N4/c1-6(7-3-2-4-17-5-7)19-20-10-8(13)11(15)18-12(16)9(10)14/h2-5H,1H3,(H,18,20)/b19-6+. The molecule has 2 heterocycles. The molecule has 2 aromatic rings. The van der Waals surface area contributed by atoms with E-state index in [9.17, 15) is 17.6 Å². The van der Waals surface area contributed by atoms with Crippen LogP contribution in [0.15, 0.2) is 29.6 Å². The minimum absolute atomic E-state index is 0.328. The summed E-state index contributed by atoms with van der Waals surface area (Å²) in [4.78, 5) is 6.27. The number of pyridine rings is 2. The zero-order valence-corrected chi connectivity index (χ0v) is 10.2. The van der Waals surface area contributed by atoms with Crippen molar-refractivity contribution in [1.29, 1.82) is 0 Å². The number of anilines is 1. The number of hydrogen-bond acceptors (Lipinski definition) is 4. The van der Waals surface area contributed by atoms with Gasteiger partial charge >= 0.3 is 0 Å². The highest BCUT2D eigenvalue weighted by Gasteiger charge is 2.20. The van der Waals surface area contributed by atoms with E-state index in [1.807, 2.05) is 5.43 Å². The Balaban J connectivity index is 2.32. The van der Waals surface area contributed by atoms with Gasteiger partial charge in [0.1, 0.15) is 5.69 Å². The zero-order chi connectivity index (χ0) is 14.7. The first-order valence-corrected chi connectivity index (χ1v) is 5.41. The molecule has 2 rings (SSSR count). The van der Waals surface area contributed by atoms with Gasteiger partial charge in [-0.1, -0.05) is 6.07 Å². The summed E-state index contributed by atoms with van der Waals surface area (Å²) in [6.45, 7) is 1.54. The molecule has 0 aliphatic heterocycles. The van der Waals surface area contributed by atoms with E-state index in [0.717, 1.165) is 0 Å². The van der Waals surface area contributed by atoms with Crippen LogP contribution < -0.4 is 5.43 Å². The number of nitrogens with one attached hydrogen (secondary N) is 1. The molecule has 2 aromatic heterocycles. The second-order valence-electron chi connectivity index (χ2n) is 3.75. The van der Waals surface area contributed by atoms with E-state index in [1.165, 1.54) is 19.3 Å². The van der Waals surface area contributed by atoms with Crippen molar-refractivity contribution in [3.63, 3.8) is 0 Å². The molecule has 4 nitrogen and oxygen atoms in total. The summed E-state index contributed by atoms with van der Waals surface area (Å²) in [7, 11) is 0. The van der Waals surface area contributed by atoms with E-state index in [2.05, 4.69) is 15.1 Å². The van der Waals surface area contributed by atoms with Crippen molar-refractivity contribution in [2.45, 2.75) is 6.92 Å². The van der Waals surface area contributed by atoms with Gasteiger partial charge in [0.2, 0.25) is 11.6 Å². The second kappa shape index (κ2) is 5.64. The quantitative estimate of drug-likeness (QED) is 0.408. The first-order chi connectivity index (χ1) is 9.50. The molecule has 0 spiro atoms. The lowest BCUT2D eigenvalue weighted by Crippen LogP contribution is -2.07. The van der Waals surface area contributed by atoms with E-state index >= 15 is 0 Å². The lowest BCUT2D eigenvalue weighted by atomic mass is 10.2. The Hall–Kier alpha value is -2.51. The van der Waals surface area contributed by atoms with Gasteiger partial charge in [-0.3, -0.25) is 10.4 Å². The normalized spacial score (nSPS) is 11.6. The molecule has 0 aliphatic carbocycles. The average Bonchev–Trinajstić information content (AvgIpc) is 2.46. The van der Waals surface area contributed by atoms with E-state index < -0.39 is 29.2 Å². The Labute approximate surface area is 111 Å². The Kier molecular flexibility index (Phi) is 3.92. The van der Waals surface area contributed by atoms with Crippen LogP contribution in [0.2, 0.25) is 0 Å². The van der Waals surface area contributed by atoms with Crippen LogP contribution >= 0.6 is 0 Å². The second-order valence-corrected chi connectivity index (χ2v) is 3.75. The summed E-state index contributed by atoms with van der Waals surface area (Å²) in [5, 5.41) is 3.65. The van der Waals surface area contributed by atoms with Gasteiger partial charge in [-0.25, -0.2) is 0 Å². The number of hydrazone groups is 1. The van der Waals surface area contributed by atoms with Gasteiger partial charge in [0.05, 0.1) is 5.71 Å². The number of aromatic nitrogens is 2. The Morgan fingerprint density at radius 3 is 2.35 bits per heavy atom. The van der Waals surface area contributed by atoms with E-state index in [4.69, 9.17) is 0 Å². The zero-order valence-electron chi connectivity index (χ0n) is 10.2. The van der Waals surface area contributed by atoms with Crippen molar-refractivity contribution in [2.24, 2.45) is 5.10 Å². The first-order valence-electron chi connectivity index (χ1n) is 5.41. The smallest absolute Gasteiger partial charge is 0.254 e. The molecule has 0 atom stereocenters. The van der Waals surface area contributed by atoms with Crippen LogP contribution in [0.3, 0.4) is 0 Å². The lowest BCUT2D eigenvalue weighted by Gasteiger charge is -2.06. The van der Waals surface area contributed by atoms with Crippen molar-refractivity contribution in [2.75, 3.05) is 5.43 Å². The molecular formula is C12H8F4N4. The highest BCUT2D eigenvalue weighted by atomic mass is 19.2. The van der Waals surface area contributed by atoms with Gasteiger partial charge in [0.15, 0.2) is 0 Å². The van der Waals surface area contributed by atoms with Gasteiger partial charge in [-0.2, -0.15) is 27.6 Å². The highest BCUT2D eigenvalue weighted by Crippen LogP contribution is 2.22. The molecule has 104 valence electrons. The Morgan fingerprint density at radius 1 is 1.15 bits per heavy atom. The summed E-state index contributed by atoms with van der Waals surface area (Å²) in [5.74, 6) is -6.79. The molecule has 0 saturated heterocycles. The molecule has 0 saturated carbocycles. The fourth-order valence-electron chi connectivity index (χ4n) is 1.37. The third-order valence-corrected chi connectivity index (χ3v) is 2.41. The van der Waals surface area contributed by atoms with Crippen LogP contribution in [-0.4, -0.2) is 15.7 Å². The molecule has 8 heteroatoms. The number of hydrogen-bond donors (Lipinski definition) is 1. The monoisotopic (exact) mass is 284 g/mol. The predicted octanol–water partition coefficient (Wildman–Crippen LogP) is 2.87.